The van der Waals surface area contributed by atoms with Crippen molar-refractivity contribution in [2.45, 2.75) is 17.8 Å². The van der Waals surface area contributed by atoms with Gasteiger partial charge in [0.25, 0.3) is 10.0 Å². The van der Waals surface area contributed by atoms with Gasteiger partial charge in [-0.05, 0) is 42.0 Å². The first-order valence-corrected chi connectivity index (χ1v) is 9.53. The van der Waals surface area contributed by atoms with E-state index in [1.165, 1.54) is 6.20 Å². The molecule has 0 spiro atoms. The average Bonchev–Trinajstić information content (AvgIpc) is 2.67. The average molecular weight is 408 g/mol. The summed E-state index contributed by atoms with van der Waals surface area (Å²) in [6, 6.07) is 17.8. The van der Waals surface area contributed by atoms with Crippen LogP contribution in [-0.4, -0.2) is 19.8 Å². The Morgan fingerprint density at radius 3 is 2.11 bits per heavy atom. The maximum Gasteiger partial charge on any atom is 0.573 e. The van der Waals surface area contributed by atoms with Crippen LogP contribution < -0.4 is 9.04 Å². The second-order valence-corrected chi connectivity index (χ2v) is 7.57. The Labute approximate surface area is 160 Å². The van der Waals surface area contributed by atoms with Gasteiger partial charge in [0.2, 0.25) is 0 Å². The molecule has 2 aromatic carbocycles. The van der Waals surface area contributed by atoms with Crippen molar-refractivity contribution < 1.29 is 26.3 Å². The van der Waals surface area contributed by atoms with Crippen molar-refractivity contribution in [3.63, 3.8) is 0 Å². The highest BCUT2D eigenvalue weighted by molar-refractivity contribution is 7.92. The molecule has 0 aliphatic rings. The van der Waals surface area contributed by atoms with Crippen LogP contribution in [0.3, 0.4) is 0 Å². The van der Waals surface area contributed by atoms with E-state index in [-0.39, 0.29) is 17.3 Å². The number of anilines is 1. The topological polar surface area (TPSA) is 59.5 Å². The highest BCUT2D eigenvalue weighted by Gasteiger charge is 2.31. The zero-order valence-electron chi connectivity index (χ0n) is 14.4. The molecule has 0 amide bonds. The van der Waals surface area contributed by atoms with E-state index in [0.29, 0.717) is 0 Å². The number of hydrogen-bond acceptors (Lipinski definition) is 4. The molecule has 146 valence electrons. The minimum Gasteiger partial charge on any atom is -0.406 e. The number of ether oxygens (including phenoxy) is 1. The summed E-state index contributed by atoms with van der Waals surface area (Å²) in [5, 5.41) is 0. The first-order chi connectivity index (χ1) is 13.3. The molecule has 0 atom stereocenters. The predicted molar refractivity (Wildman–Crippen MR) is 97.2 cm³/mol. The lowest BCUT2D eigenvalue weighted by atomic mass is 10.2. The molecular weight excluding hydrogens is 393 g/mol. The standard InChI is InChI=1S/C19H15F3N2O3S/c20-19(21,22)27-16-9-11-17(12-10-16)28(25,26)24(18-8-4-5-13-23-18)14-15-6-2-1-3-7-15/h1-13H,14H2. The summed E-state index contributed by atoms with van der Waals surface area (Å²) in [4.78, 5) is 3.93. The quantitative estimate of drug-likeness (QED) is 0.608. The number of alkyl halides is 3. The van der Waals surface area contributed by atoms with Crippen molar-refractivity contribution in [3.05, 3.63) is 84.6 Å². The summed E-state index contributed by atoms with van der Waals surface area (Å²) >= 11 is 0. The van der Waals surface area contributed by atoms with Crippen molar-refractivity contribution in [2.24, 2.45) is 0 Å². The van der Waals surface area contributed by atoms with Gasteiger partial charge in [-0.3, -0.25) is 0 Å². The van der Waals surface area contributed by atoms with Crippen LogP contribution >= 0.6 is 0 Å². The third-order valence-corrected chi connectivity index (χ3v) is 5.48. The number of rotatable bonds is 6. The minimum absolute atomic E-state index is 0.0149. The molecule has 5 nitrogen and oxygen atoms in total. The maximum absolute atomic E-state index is 13.2. The van der Waals surface area contributed by atoms with E-state index in [1.54, 1.807) is 42.5 Å². The summed E-state index contributed by atoms with van der Waals surface area (Å²) in [5.41, 5.74) is 0.730. The van der Waals surface area contributed by atoms with Crippen molar-refractivity contribution in [1.29, 1.82) is 0 Å². The third kappa shape index (κ3) is 4.80. The Balaban J connectivity index is 1.96. The second-order valence-electron chi connectivity index (χ2n) is 5.70. The lowest BCUT2D eigenvalue weighted by molar-refractivity contribution is -0.274. The van der Waals surface area contributed by atoms with E-state index in [4.69, 9.17) is 0 Å². The highest BCUT2D eigenvalue weighted by Crippen LogP contribution is 2.27. The van der Waals surface area contributed by atoms with E-state index in [0.717, 1.165) is 34.1 Å². The Kier molecular flexibility index (Phi) is 5.55. The number of hydrogen-bond donors (Lipinski definition) is 0. The molecule has 28 heavy (non-hydrogen) atoms. The molecule has 3 rings (SSSR count). The molecule has 0 saturated heterocycles. The molecule has 0 N–H and O–H groups in total. The summed E-state index contributed by atoms with van der Waals surface area (Å²) in [7, 11) is -4.08. The summed E-state index contributed by atoms with van der Waals surface area (Å²) < 4.78 is 68.1. The van der Waals surface area contributed by atoms with Gasteiger partial charge in [-0.25, -0.2) is 17.7 Å². The summed E-state index contributed by atoms with van der Waals surface area (Å²) in [6.45, 7) is 0.0149. The van der Waals surface area contributed by atoms with Crippen LogP contribution in [0.1, 0.15) is 5.56 Å². The van der Waals surface area contributed by atoms with Gasteiger partial charge in [-0.1, -0.05) is 36.4 Å². The van der Waals surface area contributed by atoms with Gasteiger partial charge in [0, 0.05) is 6.20 Å². The van der Waals surface area contributed by atoms with Gasteiger partial charge in [-0.15, -0.1) is 13.2 Å². The Morgan fingerprint density at radius 2 is 1.54 bits per heavy atom. The molecule has 1 aromatic heterocycles. The molecule has 1 heterocycles. The van der Waals surface area contributed by atoms with Crippen molar-refractivity contribution in [1.82, 2.24) is 4.98 Å². The van der Waals surface area contributed by atoms with E-state index >= 15 is 0 Å². The van der Waals surface area contributed by atoms with Crippen LogP contribution in [0, 0.1) is 0 Å². The Morgan fingerprint density at radius 1 is 0.893 bits per heavy atom. The van der Waals surface area contributed by atoms with E-state index < -0.39 is 22.1 Å². The fourth-order valence-corrected chi connectivity index (χ4v) is 3.89. The van der Waals surface area contributed by atoms with Gasteiger partial charge >= 0.3 is 6.36 Å². The molecule has 0 bridgehead atoms. The van der Waals surface area contributed by atoms with Crippen molar-refractivity contribution in [2.75, 3.05) is 4.31 Å². The largest absolute Gasteiger partial charge is 0.573 e. The SMILES string of the molecule is O=S(=O)(c1ccc(OC(F)(F)F)cc1)N(Cc1ccccc1)c1ccccn1. The van der Waals surface area contributed by atoms with Crippen LogP contribution in [0.5, 0.6) is 5.75 Å². The first-order valence-electron chi connectivity index (χ1n) is 8.09. The van der Waals surface area contributed by atoms with Crippen LogP contribution in [0.15, 0.2) is 83.9 Å². The lowest BCUT2D eigenvalue weighted by Crippen LogP contribution is -2.31. The number of benzene rings is 2. The number of aromatic nitrogens is 1. The van der Waals surface area contributed by atoms with Gasteiger partial charge < -0.3 is 4.74 Å². The van der Waals surface area contributed by atoms with Crippen LogP contribution in [0.2, 0.25) is 0 Å². The maximum atomic E-state index is 13.2. The monoisotopic (exact) mass is 408 g/mol. The summed E-state index contributed by atoms with van der Waals surface area (Å²) in [5.74, 6) is -0.305. The molecular formula is C19H15F3N2O3S. The van der Waals surface area contributed by atoms with Crippen LogP contribution in [0.25, 0.3) is 0 Å². The predicted octanol–water partition coefficient (Wildman–Crippen LogP) is 4.38. The van der Waals surface area contributed by atoms with Gasteiger partial charge in [0.15, 0.2) is 0 Å². The van der Waals surface area contributed by atoms with Crippen molar-refractivity contribution in [3.8, 4) is 5.75 Å². The molecule has 0 unspecified atom stereocenters. The summed E-state index contributed by atoms with van der Waals surface area (Å²) in [6.07, 6.45) is -3.39. The number of nitrogens with zero attached hydrogens (tertiary/aromatic N) is 2. The van der Waals surface area contributed by atoms with E-state index in [1.807, 2.05) is 6.07 Å². The minimum atomic E-state index is -4.85. The zero-order chi connectivity index (χ0) is 20.2. The normalized spacial score (nSPS) is 11.8. The van der Waals surface area contributed by atoms with Crippen LogP contribution in [0.4, 0.5) is 19.0 Å². The molecule has 0 radical (unpaired) electrons. The Hall–Kier alpha value is -3.07. The molecule has 0 fully saturated rings. The highest BCUT2D eigenvalue weighted by atomic mass is 32.2. The second kappa shape index (κ2) is 7.89. The van der Waals surface area contributed by atoms with E-state index in [2.05, 4.69) is 9.72 Å². The molecule has 9 heteroatoms. The number of halogens is 3. The Bertz CT molecular complexity index is 1010. The molecule has 3 aromatic rings. The lowest BCUT2D eigenvalue weighted by Gasteiger charge is -2.23. The molecule has 0 saturated carbocycles. The number of sulfonamides is 1. The fraction of sp³-hybridized carbons (Fsp3) is 0.105. The van der Waals surface area contributed by atoms with Crippen LogP contribution in [-0.2, 0) is 16.6 Å². The number of pyridine rings is 1. The van der Waals surface area contributed by atoms with Crippen molar-refractivity contribution >= 4 is 15.8 Å². The molecule has 0 aliphatic carbocycles. The zero-order valence-corrected chi connectivity index (χ0v) is 15.2. The van der Waals surface area contributed by atoms with E-state index in [9.17, 15) is 21.6 Å². The van der Waals surface area contributed by atoms with Gasteiger partial charge in [0.05, 0.1) is 11.4 Å². The first kappa shape index (κ1) is 19.7. The van der Waals surface area contributed by atoms with Gasteiger partial charge in [0.1, 0.15) is 11.6 Å². The fourth-order valence-electron chi connectivity index (χ4n) is 2.48. The smallest absolute Gasteiger partial charge is 0.406 e. The van der Waals surface area contributed by atoms with Gasteiger partial charge in [-0.2, -0.15) is 0 Å². The third-order valence-electron chi connectivity index (χ3n) is 3.72. The molecule has 0 aliphatic heterocycles.